The van der Waals surface area contributed by atoms with Crippen LogP contribution in [0.5, 0.6) is 0 Å². The Bertz CT molecular complexity index is 489. The van der Waals surface area contributed by atoms with Crippen molar-refractivity contribution in [1.29, 1.82) is 0 Å². The van der Waals surface area contributed by atoms with Gasteiger partial charge in [-0.05, 0) is 30.7 Å². The first-order chi connectivity index (χ1) is 7.15. The van der Waals surface area contributed by atoms with Gasteiger partial charge >= 0.3 is 0 Å². The van der Waals surface area contributed by atoms with Crippen molar-refractivity contribution in [1.82, 2.24) is 4.98 Å². The van der Waals surface area contributed by atoms with Crippen LogP contribution in [0.4, 0.5) is 0 Å². The molecule has 2 aromatic rings. The van der Waals surface area contributed by atoms with Crippen molar-refractivity contribution in [2.75, 3.05) is 0 Å². The number of ketones is 1. The number of Topliss-reactive ketones (excluding diaryl/α,β-unsaturated/α-hetero) is 1. The molecule has 2 aromatic heterocycles. The van der Waals surface area contributed by atoms with Crippen molar-refractivity contribution in [3.05, 3.63) is 39.2 Å². The summed E-state index contributed by atoms with van der Waals surface area (Å²) in [6.07, 6.45) is 0.266. The lowest BCUT2D eigenvalue weighted by Crippen LogP contribution is -2.01. The topological polar surface area (TPSA) is 43.1 Å². The lowest BCUT2D eigenvalue weighted by molar-refractivity contribution is 0.0966. The van der Waals surface area contributed by atoms with E-state index in [1.165, 1.54) is 11.3 Å². The lowest BCUT2D eigenvalue weighted by atomic mass is 10.2. The first kappa shape index (κ1) is 10.4. The van der Waals surface area contributed by atoms with Crippen LogP contribution in [0.2, 0.25) is 5.22 Å². The molecule has 0 aliphatic carbocycles. The van der Waals surface area contributed by atoms with E-state index in [0.717, 1.165) is 10.7 Å². The van der Waals surface area contributed by atoms with Crippen LogP contribution >= 0.6 is 22.9 Å². The average Bonchev–Trinajstić information content (AvgIpc) is 2.75. The summed E-state index contributed by atoms with van der Waals surface area (Å²) < 4.78 is 5.02. The van der Waals surface area contributed by atoms with E-state index < -0.39 is 0 Å². The summed E-state index contributed by atoms with van der Waals surface area (Å²) >= 11 is 7.05. The minimum absolute atomic E-state index is 0.101. The Morgan fingerprint density at radius 2 is 2.40 bits per heavy atom. The third kappa shape index (κ3) is 2.46. The van der Waals surface area contributed by atoms with Crippen LogP contribution in [-0.2, 0) is 6.42 Å². The molecule has 2 heterocycles. The molecule has 5 heteroatoms. The minimum Gasteiger partial charge on any atom is -0.442 e. The number of rotatable bonds is 3. The molecule has 15 heavy (non-hydrogen) atoms. The highest BCUT2D eigenvalue weighted by atomic mass is 35.5. The number of aryl methyl sites for hydroxylation is 1. The predicted molar refractivity (Wildman–Crippen MR) is 58.6 cm³/mol. The molecule has 0 fully saturated rings. The van der Waals surface area contributed by atoms with Crippen LogP contribution in [0.15, 0.2) is 21.9 Å². The number of carbonyl (C=O) groups excluding carboxylic acids is 1. The average molecular weight is 242 g/mol. The van der Waals surface area contributed by atoms with Crippen LogP contribution in [0, 0.1) is 6.92 Å². The highest BCUT2D eigenvalue weighted by Gasteiger charge is 2.13. The summed E-state index contributed by atoms with van der Waals surface area (Å²) in [5.74, 6) is 0.184. The zero-order chi connectivity index (χ0) is 10.8. The number of hydrogen-bond donors (Lipinski definition) is 0. The Balaban J connectivity index is 2.10. The van der Waals surface area contributed by atoms with Gasteiger partial charge in [-0.1, -0.05) is 0 Å². The maximum atomic E-state index is 11.7. The van der Waals surface area contributed by atoms with E-state index in [4.69, 9.17) is 16.0 Å². The van der Waals surface area contributed by atoms with Gasteiger partial charge in [-0.25, -0.2) is 4.98 Å². The third-order valence-corrected chi connectivity index (χ3v) is 3.00. The highest BCUT2D eigenvalue weighted by molar-refractivity contribution is 7.09. The normalized spacial score (nSPS) is 10.5. The molecule has 0 unspecified atom stereocenters. The van der Waals surface area contributed by atoms with Gasteiger partial charge in [0.05, 0.1) is 6.42 Å². The highest BCUT2D eigenvalue weighted by Crippen LogP contribution is 2.17. The number of aromatic nitrogens is 1. The molecule has 0 aliphatic heterocycles. The summed E-state index contributed by atoms with van der Waals surface area (Å²) in [6.45, 7) is 1.90. The van der Waals surface area contributed by atoms with E-state index in [9.17, 15) is 4.79 Å². The molecule has 0 saturated carbocycles. The Morgan fingerprint density at radius 3 is 2.93 bits per heavy atom. The number of thiazole rings is 1. The Kier molecular flexibility index (Phi) is 2.88. The Hall–Kier alpha value is -1.13. The molecule has 0 spiro atoms. The van der Waals surface area contributed by atoms with E-state index in [1.54, 1.807) is 12.1 Å². The summed E-state index contributed by atoms with van der Waals surface area (Å²) in [4.78, 5) is 15.9. The second kappa shape index (κ2) is 4.16. The fraction of sp³-hybridized carbons (Fsp3) is 0.200. The van der Waals surface area contributed by atoms with E-state index >= 15 is 0 Å². The molecule has 78 valence electrons. The number of halogens is 1. The monoisotopic (exact) mass is 241 g/mol. The zero-order valence-corrected chi connectivity index (χ0v) is 9.56. The van der Waals surface area contributed by atoms with Crippen LogP contribution in [0.3, 0.4) is 0 Å². The molecular formula is C10H8ClNO2S. The number of hydrogen-bond acceptors (Lipinski definition) is 4. The van der Waals surface area contributed by atoms with Crippen molar-refractivity contribution in [2.24, 2.45) is 0 Å². The fourth-order valence-corrected chi connectivity index (χ4v) is 2.09. The van der Waals surface area contributed by atoms with Gasteiger partial charge in [0, 0.05) is 11.1 Å². The maximum Gasteiger partial charge on any atom is 0.204 e. The maximum absolute atomic E-state index is 11.7. The molecule has 0 saturated heterocycles. The van der Waals surface area contributed by atoms with Gasteiger partial charge in [0.25, 0.3) is 0 Å². The van der Waals surface area contributed by atoms with Crippen molar-refractivity contribution < 1.29 is 9.21 Å². The summed E-state index contributed by atoms with van der Waals surface area (Å²) in [5, 5.41) is 2.94. The lowest BCUT2D eigenvalue weighted by Gasteiger charge is -1.92. The van der Waals surface area contributed by atoms with Gasteiger partial charge in [0.1, 0.15) is 5.01 Å². The van der Waals surface area contributed by atoms with Gasteiger partial charge in [-0.2, -0.15) is 0 Å². The van der Waals surface area contributed by atoms with E-state index in [0.29, 0.717) is 0 Å². The van der Waals surface area contributed by atoms with Gasteiger partial charge in [-0.15, -0.1) is 11.3 Å². The molecule has 3 nitrogen and oxygen atoms in total. The number of nitrogens with zero attached hydrogens (tertiary/aromatic N) is 1. The summed E-state index contributed by atoms with van der Waals surface area (Å²) in [5.41, 5.74) is 0.931. The molecule has 0 amide bonds. The Morgan fingerprint density at radius 1 is 1.60 bits per heavy atom. The number of furan rings is 1. The van der Waals surface area contributed by atoms with E-state index in [1.807, 2.05) is 12.3 Å². The first-order valence-corrected chi connectivity index (χ1v) is 5.60. The van der Waals surface area contributed by atoms with Crippen molar-refractivity contribution >= 4 is 28.7 Å². The van der Waals surface area contributed by atoms with Crippen molar-refractivity contribution in [2.45, 2.75) is 13.3 Å². The standard InChI is InChI=1S/C10H8ClNO2S/c1-6-5-15-10(12-6)4-7(13)8-2-3-9(11)14-8/h2-3,5H,4H2,1H3. The van der Waals surface area contributed by atoms with Gasteiger partial charge in [-0.3, -0.25) is 4.79 Å². The van der Waals surface area contributed by atoms with Crippen LogP contribution in [0.25, 0.3) is 0 Å². The number of carbonyl (C=O) groups is 1. The smallest absolute Gasteiger partial charge is 0.204 e. The van der Waals surface area contributed by atoms with Crippen LogP contribution < -0.4 is 0 Å². The second-order valence-electron chi connectivity index (χ2n) is 3.09. The predicted octanol–water partition coefficient (Wildman–Crippen LogP) is 3.12. The van der Waals surface area contributed by atoms with Gasteiger partial charge in [0.15, 0.2) is 11.0 Å². The summed E-state index contributed by atoms with van der Waals surface area (Å²) in [6, 6.07) is 3.13. The molecule has 0 N–H and O–H groups in total. The summed E-state index contributed by atoms with van der Waals surface area (Å²) in [7, 11) is 0. The largest absolute Gasteiger partial charge is 0.442 e. The van der Waals surface area contributed by atoms with Crippen molar-refractivity contribution in [3.63, 3.8) is 0 Å². The molecule has 0 radical (unpaired) electrons. The van der Waals surface area contributed by atoms with E-state index in [-0.39, 0.29) is 23.2 Å². The molecule has 0 aromatic carbocycles. The zero-order valence-electron chi connectivity index (χ0n) is 7.99. The molecule has 0 atom stereocenters. The van der Waals surface area contributed by atoms with E-state index in [2.05, 4.69) is 4.98 Å². The van der Waals surface area contributed by atoms with Gasteiger partial charge < -0.3 is 4.42 Å². The van der Waals surface area contributed by atoms with Crippen molar-refractivity contribution in [3.8, 4) is 0 Å². The second-order valence-corrected chi connectivity index (χ2v) is 4.40. The molecule has 0 aliphatic rings. The molecular weight excluding hydrogens is 234 g/mol. The molecule has 2 rings (SSSR count). The SMILES string of the molecule is Cc1csc(CC(=O)c2ccc(Cl)o2)n1. The molecule has 0 bridgehead atoms. The first-order valence-electron chi connectivity index (χ1n) is 4.34. The van der Waals surface area contributed by atoms with Crippen LogP contribution in [-0.4, -0.2) is 10.8 Å². The quantitative estimate of drug-likeness (QED) is 0.776. The van der Waals surface area contributed by atoms with Crippen LogP contribution in [0.1, 0.15) is 21.3 Å². The third-order valence-electron chi connectivity index (χ3n) is 1.83. The van der Waals surface area contributed by atoms with Gasteiger partial charge in [0.2, 0.25) is 5.78 Å². The Labute approximate surface area is 95.7 Å². The minimum atomic E-state index is -0.101. The fourth-order valence-electron chi connectivity index (χ4n) is 1.17.